The summed E-state index contributed by atoms with van der Waals surface area (Å²) < 4.78 is 0. The number of phenols is 1. The maximum Gasteiger partial charge on any atom is 0.368 e. The maximum atomic E-state index is 12.5. The highest BCUT2D eigenvalue weighted by atomic mass is 16.3. The molecule has 0 fully saturated rings. The molecule has 0 atom stereocenters. The van der Waals surface area contributed by atoms with Crippen LogP contribution in [0.4, 0.5) is 10.5 Å². The third kappa shape index (κ3) is 2.30. The summed E-state index contributed by atoms with van der Waals surface area (Å²) in [4.78, 5) is 31.4. The number of hydrogen-bond donors (Lipinski definition) is 2. The Bertz CT molecular complexity index is 1140. The molecule has 0 bridgehead atoms. The fourth-order valence-electron chi connectivity index (χ4n) is 2.66. The van der Waals surface area contributed by atoms with Gasteiger partial charge < -0.3 is 10.4 Å². The SMILES string of the molecule is O=C1N=c2cccc(NC(=O)c3cc4ccccc4cc3O)c2=N1. The fourth-order valence-corrected chi connectivity index (χ4v) is 2.66. The van der Waals surface area contributed by atoms with Crippen LogP contribution in [-0.4, -0.2) is 17.0 Å². The van der Waals surface area contributed by atoms with Crippen LogP contribution < -0.4 is 16.0 Å². The van der Waals surface area contributed by atoms with Crippen molar-refractivity contribution >= 4 is 28.4 Å². The van der Waals surface area contributed by atoms with Gasteiger partial charge >= 0.3 is 6.03 Å². The number of para-hydroxylation sites is 1. The van der Waals surface area contributed by atoms with E-state index < -0.39 is 11.9 Å². The zero-order valence-electron chi connectivity index (χ0n) is 12.4. The van der Waals surface area contributed by atoms with Gasteiger partial charge in [-0.15, -0.1) is 0 Å². The number of rotatable bonds is 2. The molecule has 1 aliphatic rings. The monoisotopic (exact) mass is 317 g/mol. The standard InChI is InChI=1S/C18H11N3O3/c22-15-9-11-5-2-1-4-10(11)8-12(15)17(23)19-13-6-3-7-14-16(13)21-18(24)20-14/h1-9,22H,(H,19,23). The number of anilines is 1. The van der Waals surface area contributed by atoms with E-state index in [1.54, 1.807) is 30.3 Å². The van der Waals surface area contributed by atoms with E-state index in [0.717, 1.165) is 10.8 Å². The Labute approximate surface area is 135 Å². The van der Waals surface area contributed by atoms with Gasteiger partial charge in [-0.05, 0) is 35.0 Å². The highest BCUT2D eigenvalue weighted by Gasteiger charge is 2.15. The topological polar surface area (TPSA) is 91.1 Å². The smallest absolute Gasteiger partial charge is 0.368 e. The van der Waals surface area contributed by atoms with E-state index in [1.807, 2.05) is 24.3 Å². The third-order valence-corrected chi connectivity index (χ3v) is 3.80. The third-order valence-electron chi connectivity index (χ3n) is 3.80. The van der Waals surface area contributed by atoms with Gasteiger partial charge in [0.2, 0.25) is 0 Å². The van der Waals surface area contributed by atoms with Crippen LogP contribution in [0.3, 0.4) is 0 Å². The zero-order valence-corrected chi connectivity index (χ0v) is 12.4. The first kappa shape index (κ1) is 14.1. The van der Waals surface area contributed by atoms with Crippen LogP contribution in [0.2, 0.25) is 0 Å². The van der Waals surface area contributed by atoms with Crippen LogP contribution in [0.25, 0.3) is 10.8 Å². The normalized spacial score (nSPS) is 12.4. The van der Waals surface area contributed by atoms with Crippen molar-refractivity contribution in [2.24, 2.45) is 9.98 Å². The second-order valence-corrected chi connectivity index (χ2v) is 5.35. The van der Waals surface area contributed by atoms with Crippen molar-refractivity contribution in [2.75, 3.05) is 5.32 Å². The highest BCUT2D eigenvalue weighted by Crippen LogP contribution is 2.25. The van der Waals surface area contributed by atoms with E-state index in [4.69, 9.17) is 0 Å². The number of nitrogens with zero attached hydrogens (tertiary/aromatic N) is 2. The van der Waals surface area contributed by atoms with Crippen molar-refractivity contribution in [3.63, 3.8) is 0 Å². The summed E-state index contributed by atoms with van der Waals surface area (Å²) >= 11 is 0. The summed E-state index contributed by atoms with van der Waals surface area (Å²) in [6, 6.07) is 14.9. The highest BCUT2D eigenvalue weighted by molar-refractivity contribution is 6.08. The number of amides is 3. The summed E-state index contributed by atoms with van der Waals surface area (Å²) in [6.45, 7) is 0. The van der Waals surface area contributed by atoms with E-state index in [9.17, 15) is 14.7 Å². The number of nitrogens with one attached hydrogen (secondary N) is 1. The van der Waals surface area contributed by atoms with Gasteiger partial charge in [0, 0.05) is 0 Å². The molecule has 3 amide bonds. The molecule has 3 aromatic rings. The van der Waals surface area contributed by atoms with Crippen molar-refractivity contribution in [3.05, 3.63) is 70.9 Å². The minimum atomic E-state index is -0.597. The summed E-state index contributed by atoms with van der Waals surface area (Å²) in [5.74, 6) is -0.599. The Morgan fingerprint density at radius 3 is 2.50 bits per heavy atom. The van der Waals surface area contributed by atoms with E-state index in [0.29, 0.717) is 16.4 Å². The quantitative estimate of drug-likeness (QED) is 0.759. The number of carbonyl (C=O) groups excluding carboxylic acids is 2. The molecule has 0 spiro atoms. The molecule has 0 saturated heterocycles. The first-order valence-electron chi connectivity index (χ1n) is 7.25. The average Bonchev–Trinajstić information content (AvgIpc) is 2.95. The number of fused-ring (bicyclic) bond motifs is 2. The van der Waals surface area contributed by atoms with Gasteiger partial charge in [-0.2, -0.15) is 9.98 Å². The van der Waals surface area contributed by atoms with Crippen molar-refractivity contribution in [1.29, 1.82) is 0 Å². The molecule has 3 aromatic carbocycles. The van der Waals surface area contributed by atoms with Crippen molar-refractivity contribution in [1.82, 2.24) is 0 Å². The molecule has 2 N–H and O–H groups in total. The molecule has 0 unspecified atom stereocenters. The molecule has 1 aliphatic heterocycles. The molecular weight excluding hydrogens is 306 g/mol. The summed E-state index contributed by atoms with van der Waals surface area (Å²) in [5.41, 5.74) is 0.521. The van der Waals surface area contributed by atoms with Crippen molar-refractivity contribution < 1.29 is 14.7 Å². The summed E-state index contributed by atoms with van der Waals surface area (Å²) in [7, 11) is 0. The molecule has 1 heterocycles. The minimum absolute atomic E-state index is 0.114. The molecular formula is C18H11N3O3. The van der Waals surface area contributed by atoms with Crippen molar-refractivity contribution in [2.45, 2.75) is 0 Å². The van der Waals surface area contributed by atoms with Crippen molar-refractivity contribution in [3.8, 4) is 5.75 Å². The fraction of sp³-hybridized carbons (Fsp3) is 0. The number of aromatic hydroxyl groups is 1. The zero-order chi connectivity index (χ0) is 16.7. The van der Waals surface area contributed by atoms with E-state index in [1.165, 1.54) is 0 Å². The van der Waals surface area contributed by atoms with Gasteiger partial charge in [0.25, 0.3) is 5.91 Å². The second-order valence-electron chi connectivity index (χ2n) is 5.35. The number of urea groups is 1. The Hall–Kier alpha value is -3.54. The summed E-state index contributed by atoms with van der Waals surface area (Å²) in [6.07, 6.45) is 0. The van der Waals surface area contributed by atoms with E-state index in [-0.39, 0.29) is 11.3 Å². The van der Waals surface area contributed by atoms with Gasteiger partial charge in [-0.1, -0.05) is 30.3 Å². The summed E-state index contributed by atoms with van der Waals surface area (Å²) in [5, 5.41) is 15.2. The van der Waals surface area contributed by atoms with Gasteiger partial charge in [0.1, 0.15) is 11.1 Å². The van der Waals surface area contributed by atoms with Gasteiger partial charge in [0.05, 0.1) is 16.6 Å². The Morgan fingerprint density at radius 1 is 0.958 bits per heavy atom. The molecule has 4 rings (SSSR count). The van der Waals surface area contributed by atoms with Gasteiger partial charge in [-0.3, -0.25) is 4.79 Å². The largest absolute Gasteiger partial charge is 0.507 e. The van der Waals surface area contributed by atoms with Gasteiger partial charge in [-0.25, -0.2) is 4.79 Å². The minimum Gasteiger partial charge on any atom is -0.507 e. The molecule has 0 aromatic heterocycles. The molecule has 24 heavy (non-hydrogen) atoms. The lowest BCUT2D eigenvalue weighted by molar-refractivity contribution is 0.102. The lowest BCUT2D eigenvalue weighted by Gasteiger charge is -2.08. The Kier molecular flexibility index (Phi) is 3.09. The van der Waals surface area contributed by atoms with Crippen LogP contribution in [0, 0.1) is 0 Å². The molecule has 6 heteroatoms. The number of benzene rings is 3. The molecule has 116 valence electrons. The van der Waals surface area contributed by atoms with E-state index in [2.05, 4.69) is 15.3 Å². The van der Waals surface area contributed by atoms with Crippen LogP contribution in [-0.2, 0) is 0 Å². The average molecular weight is 317 g/mol. The number of hydrogen-bond acceptors (Lipinski definition) is 3. The predicted molar refractivity (Wildman–Crippen MR) is 87.7 cm³/mol. The number of phenolic OH excluding ortho intramolecular Hbond substituents is 1. The number of carbonyl (C=O) groups is 2. The first-order valence-corrected chi connectivity index (χ1v) is 7.25. The molecule has 0 saturated carbocycles. The van der Waals surface area contributed by atoms with Crippen LogP contribution in [0.1, 0.15) is 10.4 Å². The predicted octanol–water partition coefficient (Wildman–Crippen LogP) is 2.17. The molecule has 0 radical (unpaired) electrons. The molecule has 6 nitrogen and oxygen atoms in total. The lowest BCUT2D eigenvalue weighted by atomic mass is 10.1. The first-order chi connectivity index (χ1) is 11.6. The maximum absolute atomic E-state index is 12.5. The Balaban J connectivity index is 1.76. The Morgan fingerprint density at radius 2 is 1.71 bits per heavy atom. The second kappa shape index (κ2) is 5.27. The van der Waals surface area contributed by atoms with E-state index >= 15 is 0 Å². The lowest BCUT2D eigenvalue weighted by Crippen LogP contribution is -2.27. The van der Waals surface area contributed by atoms with Gasteiger partial charge in [0.15, 0.2) is 0 Å². The van der Waals surface area contributed by atoms with Crippen LogP contribution >= 0.6 is 0 Å². The van der Waals surface area contributed by atoms with Crippen LogP contribution in [0.5, 0.6) is 5.75 Å². The van der Waals surface area contributed by atoms with Crippen LogP contribution in [0.15, 0.2) is 64.6 Å². The molecule has 0 aliphatic carbocycles.